The smallest absolute Gasteiger partial charge is 0.362 e. The van der Waals surface area contributed by atoms with Crippen molar-refractivity contribution in [1.82, 2.24) is 19.8 Å². The molecule has 16 heteroatoms. The van der Waals surface area contributed by atoms with Gasteiger partial charge in [-0.25, -0.2) is 14.7 Å². The molecular weight excluding hydrogens is 560 g/mol. The molecular formula is C25H32N6O9S. The topological polar surface area (TPSA) is 211 Å². The number of nitrogens with two attached hydrogens (primary N) is 1. The Labute approximate surface area is 236 Å². The molecule has 41 heavy (non-hydrogen) atoms. The van der Waals surface area contributed by atoms with Crippen LogP contribution >= 0.6 is 0 Å². The van der Waals surface area contributed by atoms with E-state index < -0.39 is 39.5 Å². The fourth-order valence-electron chi connectivity index (χ4n) is 5.72. The van der Waals surface area contributed by atoms with Crippen LogP contribution in [0.5, 0.6) is 0 Å². The van der Waals surface area contributed by atoms with Crippen molar-refractivity contribution in [3.05, 3.63) is 51.2 Å². The maximum absolute atomic E-state index is 13.4. The first-order valence-electron chi connectivity index (χ1n) is 13.0. The third kappa shape index (κ3) is 6.45. The number of non-ortho nitro benzene ring substituents is 1. The first-order valence-corrected chi connectivity index (χ1v) is 14.6. The zero-order valence-electron chi connectivity index (χ0n) is 22.7. The van der Waals surface area contributed by atoms with E-state index in [1.165, 1.54) is 17.0 Å². The standard InChI is InChI=1S/C25H32N6O9S/c1-13(2)20-21-14(3)18(12-29-9-8-16(11-29)28-19(32)10-27-41(26,38)39)22(30(21)23(20)33)25(35)40-24(34)15-4-6-17(7-5-15)31(36)37/h4-7,13-14,16,20-21,27H,8-12H2,1-3H3,(H,28,32)(H2,26,38,39)/t14-,16-,20+,21+/m0/s1. The maximum atomic E-state index is 13.4. The minimum atomic E-state index is -4.01. The van der Waals surface area contributed by atoms with Gasteiger partial charge in [-0.05, 0) is 30.0 Å². The molecule has 0 radical (unpaired) electrons. The quantitative estimate of drug-likeness (QED) is 0.106. The van der Waals surface area contributed by atoms with Crippen LogP contribution in [-0.4, -0.2) is 85.2 Å². The molecule has 1 aromatic carbocycles. The van der Waals surface area contributed by atoms with Crippen LogP contribution in [0.3, 0.4) is 0 Å². The summed E-state index contributed by atoms with van der Waals surface area (Å²) in [6.07, 6.45) is 0.571. The lowest BCUT2D eigenvalue weighted by molar-refractivity contribution is -0.384. The highest BCUT2D eigenvalue weighted by atomic mass is 32.2. The summed E-state index contributed by atoms with van der Waals surface area (Å²) >= 11 is 0. The summed E-state index contributed by atoms with van der Waals surface area (Å²) < 4.78 is 29.1. The van der Waals surface area contributed by atoms with E-state index >= 15 is 0 Å². The number of fused-ring (bicyclic) bond motifs is 1. The van der Waals surface area contributed by atoms with E-state index in [0.29, 0.717) is 25.1 Å². The number of likely N-dealkylation sites (tertiary alicyclic amines) is 1. The van der Waals surface area contributed by atoms with Crippen molar-refractivity contribution >= 4 is 39.6 Å². The average Bonchev–Trinajstić information content (AvgIpc) is 3.42. The number of hydrogen-bond acceptors (Lipinski definition) is 10. The Morgan fingerprint density at radius 1 is 1.20 bits per heavy atom. The van der Waals surface area contributed by atoms with E-state index in [1.54, 1.807) is 0 Å². The van der Waals surface area contributed by atoms with Crippen LogP contribution in [0.25, 0.3) is 0 Å². The number of ether oxygens (including phenoxy) is 1. The van der Waals surface area contributed by atoms with Gasteiger partial charge in [0.05, 0.1) is 29.0 Å². The molecule has 222 valence electrons. The van der Waals surface area contributed by atoms with Crippen molar-refractivity contribution in [3.63, 3.8) is 0 Å². The number of nitro benzene ring substituents is 1. The number of benzene rings is 1. The number of carbonyl (C=O) groups is 4. The fraction of sp³-hybridized carbons (Fsp3) is 0.520. The number of β-lactam (4-membered cyclic amide) rings is 1. The molecule has 0 bridgehead atoms. The van der Waals surface area contributed by atoms with Gasteiger partial charge >= 0.3 is 11.9 Å². The van der Waals surface area contributed by atoms with Gasteiger partial charge in [0.2, 0.25) is 11.8 Å². The molecule has 2 amide bonds. The summed E-state index contributed by atoms with van der Waals surface area (Å²) in [5.74, 6) is -3.22. The molecule has 15 nitrogen and oxygen atoms in total. The van der Waals surface area contributed by atoms with Crippen molar-refractivity contribution in [2.45, 2.75) is 39.3 Å². The summed E-state index contributed by atoms with van der Waals surface area (Å²) in [6.45, 7) is 6.53. The molecule has 0 spiro atoms. The summed E-state index contributed by atoms with van der Waals surface area (Å²) in [4.78, 5) is 65.0. The lowest BCUT2D eigenvalue weighted by atomic mass is 9.74. The lowest BCUT2D eigenvalue weighted by Crippen LogP contribution is -2.62. The van der Waals surface area contributed by atoms with E-state index in [1.807, 2.05) is 30.4 Å². The summed E-state index contributed by atoms with van der Waals surface area (Å²) in [5, 5.41) is 18.5. The summed E-state index contributed by atoms with van der Waals surface area (Å²) in [5.41, 5.74) is 0.371. The summed E-state index contributed by atoms with van der Waals surface area (Å²) in [6, 6.07) is 4.08. The van der Waals surface area contributed by atoms with E-state index in [4.69, 9.17) is 9.88 Å². The zero-order chi connectivity index (χ0) is 30.2. The van der Waals surface area contributed by atoms with Gasteiger partial charge < -0.3 is 15.0 Å². The van der Waals surface area contributed by atoms with Gasteiger partial charge in [0.15, 0.2) is 0 Å². The van der Waals surface area contributed by atoms with E-state index in [2.05, 4.69) is 5.32 Å². The highest BCUT2D eigenvalue weighted by Gasteiger charge is 2.59. The van der Waals surface area contributed by atoms with Crippen LogP contribution < -0.4 is 15.2 Å². The van der Waals surface area contributed by atoms with Crippen molar-refractivity contribution in [3.8, 4) is 0 Å². The van der Waals surface area contributed by atoms with Gasteiger partial charge in [-0.15, -0.1) is 0 Å². The van der Waals surface area contributed by atoms with Crippen LogP contribution in [0.4, 0.5) is 5.69 Å². The van der Waals surface area contributed by atoms with Gasteiger partial charge in [0.1, 0.15) is 5.70 Å². The first kappa shape index (κ1) is 30.2. The molecule has 4 N–H and O–H groups in total. The third-order valence-electron chi connectivity index (χ3n) is 7.67. The average molecular weight is 593 g/mol. The number of rotatable bonds is 10. The second-order valence-electron chi connectivity index (χ2n) is 10.8. The Balaban J connectivity index is 1.50. The largest absolute Gasteiger partial charge is 0.385 e. The molecule has 3 heterocycles. The Kier molecular flexibility index (Phi) is 8.58. The number of nitrogens with one attached hydrogen (secondary N) is 2. The van der Waals surface area contributed by atoms with E-state index in [-0.39, 0.29) is 59.2 Å². The molecule has 4 atom stereocenters. The van der Waals surface area contributed by atoms with Crippen molar-refractivity contribution in [2.75, 3.05) is 26.2 Å². The Morgan fingerprint density at radius 3 is 2.44 bits per heavy atom. The first-order chi connectivity index (χ1) is 19.2. The van der Waals surface area contributed by atoms with Crippen LogP contribution in [0.15, 0.2) is 35.5 Å². The predicted octanol–water partition coefficient (Wildman–Crippen LogP) is -0.351. The number of esters is 2. The zero-order valence-corrected chi connectivity index (χ0v) is 23.5. The SMILES string of the molecule is CC(C)[C@H]1C(=O)N2C(C(=O)OC(=O)c3ccc([N+](=O)[O-])cc3)=C(CN3CC[C@H](NC(=O)CNS(N)(=O)=O)C3)[C@H](C)[C@H]12. The van der Waals surface area contributed by atoms with Crippen molar-refractivity contribution in [2.24, 2.45) is 22.9 Å². The molecule has 2 fully saturated rings. The monoisotopic (exact) mass is 592 g/mol. The second-order valence-corrected chi connectivity index (χ2v) is 12.1. The van der Waals surface area contributed by atoms with Crippen LogP contribution in [-0.2, 0) is 29.3 Å². The third-order valence-corrected chi connectivity index (χ3v) is 8.22. The van der Waals surface area contributed by atoms with Crippen LogP contribution in [0.1, 0.15) is 37.6 Å². The predicted molar refractivity (Wildman–Crippen MR) is 143 cm³/mol. The summed E-state index contributed by atoms with van der Waals surface area (Å²) in [7, 11) is -4.01. The Bertz CT molecular complexity index is 1410. The molecule has 2 saturated heterocycles. The minimum Gasteiger partial charge on any atom is -0.385 e. The van der Waals surface area contributed by atoms with Crippen molar-refractivity contribution in [1.29, 1.82) is 0 Å². The fourth-order valence-corrected chi connectivity index (χ4v) is 6.05. The molecule has 0 saturated carbocycles. The Morgan fingerprint density at radius 2 is 1.85 bits per heavy atom. The normalized spacial score (nSPS) is 24.3. The molecule has 3 aliphatic rings. The minimum absolute atomic E-state index is 0.0181. The van der Waals surface area contributed by atoms with Gasteiger partial charge in [-0.2, -0.15) is 13.1 Å². The molecule has 0 aliphatic carbocycles. The van der Waals surface area contributed by atoms with Crippen LogP contribution in [0, 0.1) is 27.9 Å². The number of nitrogens with zero attached hydrogens (tertiary/aromatic N) is 3. The van der Waals surface area contributed by atoms with E-state index in [0.717, 1.165) is 12.1 Å². The van der Waals surface area contributed by atoms with Crippen molar-refractivity contribution < 1.29 is 37.3 Å². The highest BCUT2D eigenvalue weighted by molar-refractivity contribution is 7.87. The van der Waals surface area contributed by atoms with Gasteiger partial charge in [-0.1, -0.05) is 20.8 Å². The number of carbonyl (C=O) groups excluding carboxylic acids is 4. The van der Waals surface area contributed by atoms with Crippen LogP contribution in [0.2, 0.25) is 0 Å². The van der Waals surface area contributed by atoms with Gasteiger partial charge in [0, 0.05) is 43.7 Å². The van der Waals surface area contributed by atoms with E-state index in [9.17, 15) is 37.7 Å². The second kappa shape index (κ2) is 11.6. The molecule has 0 unspecified atom stereocenters. The Hall–Kier alpha value is -3.73. The van der Waals surface area contributed by atoms with Gasteiger partial charge in [-0.3, -0.25) is 24.6 Å². The van der Waals surface area contributed by atoms with Gasteiger partial charge in [0.25, 0.3) is 15.9 Å². The molecule has 0 aromatic heterocycles. The molecule has 3 aliphatic heterocycles. The number of amides is 2. The number of hydrogen-bond donors (Lipinski definition) is 3. The lowest BCUT2D eigenvalue weighted by Gasteiger charge is -2.47. The molecule has 1 aromatic rings. The maximum Gasteiger partial charge on any atom is 0.362 e. The highest BCUT2D eigenvalue weighted by Crippen LogP contribution is 2.49. The molecule has 4 rings (SSSR count). The number of nitro groups is 1.